The molecule has 20 heteroatoms. The first-order chi connectivity index (χ1) is 20.7. The molecule has 0 aromatic heterocycles. The fourth-order valence-corrected chi connectivity index (χ4v) is 5.36. The molecule has 0 aromatic carbocycles. The van der Waals surface area contributed by atoms with Crippen LogP contribution in [0.5, 0.6) is 0 Å². The van der Waals surface area contributed by atoms with Gasteiger partial charge < -0.3 is 94.1 Å². The Hall–Kier alpha value is -1.25. The molecule has 0 radical (unpaired) electrons. The fourth-order valence-electron chi connectivity index (χ4n) is 5.36. The zero-order valence-electron chi connectivity index (χ0n) is 23.5. The molecule has 0 bridgehead atoms. The van der Waals surface area contributed by atoms with Gasteiger partial charge in [-0.3, -0.25) is 0 Å². The van der Waals surface area contributed by atoms with Crippen molar-refractivity contribution in [2.75, 3.05) is 20.3 Å². The third-order valence-corrected chi connectivity index (χ3v) is 8.02. The second-order valence-electron chi connectivity index (χ2n) is 10.9. The van der Waals surface area contributed by atoms with Gasteiger partial charge in [-0.1, -0.05) is 0 Å². The smallest absolute Gasteiger partial charge is 0.335 e. The van der Waals surface area contributed by atoms with Crippen LogP contribution < -0.4 is 0 Å². The topological polar surface area (TPSA) is 313 Å². The lowest BCUT2D eigenvalue weighted by Gasteiger charge is -2.48. The molecule has 44 heavy (non-hydrogen) atoms. The summed E-state index contributed by atoms with van der Waals surface area (Å²) in [6.45, 7) is 0.253. The summed E-state index contributed by atoms with van der Waals surface area (Å²) in [6, 6.07) is 0. The van der Waals surface area contributed by atoms with Crippen molar-refractivity contribution in [3.05, 3.63) is 0 Å². The van der Waals surface area contributed by atoms with E-state index in [-0.39, 0.29) is 6.61 Å². The van der Waals surface area contributed by atoms with Gasteiger partial charge in [0.2, 0.25) is 0 Å². The number of aliphatic carboxylic acids is 1. The Bertz CT molecular complexity index is 943. The van der Waals surface area contributed by atoms with Crippen LogP contribution in [0, 0.1) is 0 Å². The van der Waals surface area contributed by atoms with Crippen molar-refractivity contribution in [2.45, 2.75) is 124 Å². The molecule has 4 aliphatic heterocycles. The van der Waals surface area contributed by atoms with Crippen LogP contribution in [0.1, 0.15) is 6.92 Å². The molecular formula is C24H40O20. The highest BCUT2D eigenvalue weighted by molar-refractivity contribution is 5.73. The third-order valence-electron chi connectivity index (χ3n) is 8.02. The lowest BCUT2D eigenvalue weighted by Crippen LogP contribution is -2.67. The first-order valence-electron chi connectivity index (χ1n) is 13.7. The molecular weight excluding hydrogens is 608 g/mol. The Morgan fingerprint density at radius 2 is 1.25 bits per heavy atom. The van der Waals surface area contributed by atoms with E-state index in [1.165, 1.54) is 14.0 Å². The van der Waals surface area contributed by atoms with E-state index in [4.69, 9.17) is 37.9 Å². The SMILES string of the molecule is CO[C@@H]1CO[C@@H](O[C@H]2[C@H](O)[C@@H](O)[C@@H](O[C@H]3[C@@H](O)[C@H](O[C@@H]4O[C@@H](C)[C@H](O)[C@@H](O)[C@H]4O)[C@@H](CO)O[C@@H]3O)O[C@@H]2C(=O)O)[C@H](O)[C@H]1O. The number of carbonyl (C=O) groups is 1. The van der Waals surface area contributed by atoms with E-state index in [0.717, 1.165) is 0 Å². The Morgan fingerprint density at radius 3 is 1.86 bits per heavy atom. The number of aliphatic hydroxyl groups excluding tert-OH is 10. The number of hydrogen-bond donors (Lipinski definition) is 11. The molecule has 0 amide bonds. The lowest BCUT2D eigenvalue weighted by molar-refractivity contribution is -0.386. The molecule has 4 fully saturated rings. The summed E-state index contributed by atoms with van der Waals surface area (Å²) in [4.78, 5) is 12.1. The average molecular weight is 649 g/mol. The molecule has 0 aliphatic carbocycles. The predicted octanol–water partition coefficient (Wildman–Crippen LogP) is -7.34. The monoisotopic (exact) mass is 648 g/mol. The summed E-state index contributed by atoms with van der Waals surface area (Å²) >= 11 is 0. The number of methoxy groups -OCH3 is 1. The van der Waals surface area contributed by atoms with Crippen LogP contribution in [0.25, 0.3) is 0 Å². The van der Waals surface area contributed by atoms with Crippen LogP contribution in [0.2, 0.25) is 0 Å². The first-order valence-corrected chi connectivity index (χ1v) is 13.7. The van der Waals surface area contributed by atoms with Crippen molar-refractivity contribution in [1.29, 1.82) is 0 Å². The molecule has 4 saturated heterocycles. The maximum atomic E-state index is 12.1. The number of carboxylic acid groups (broad SMARTS) is 1. The zero-order valence-corrected chi connectivity index (χ0v) is 23.5. The Kier molecular flexibility index (Phi) is 11.9. The van der Waals surface area contributed by atoms with Crippen LogP contribution in [-0.2, 0) is 42.7 Å². The van der Waals surface area contributed by atoms with Crippen molar-refractivity contribution >= 4 is 5.97 Å². The number of hydrogen-bond acceptors (Lipinski definition) is 19. The number of aliphatic hydroxyl groups is 10. The van der Waals surface area contributed by atoms with E-state index >= 15 is 0 Å². The van der Waals surface area contributed by atoms with Gasteiger partial charge in [0.1, 0.15) is 79.4 Å². The molecule has 0 unspecified atom stereocenters. The Morgan fingerprint density at radius 1 is 0.682 bits per heavy atom. The minimum absolute atomic E-state index is 0.272. The van der Waals surface area contributed by atoms with Crippen LogP contribution in [0.15, 0.2) is 0 Å². The first kappa shape index (κ1) is 35.6. The van der Waals surface area contributed by atoms with Crippen LogP contribution in [0.4, 0.5) is 0 Å². The summed E-state index contributed by atoms with van der Waals surface area (Å²) in [5.41, 5.74) is 0. The molecule has 0 aromatic rings. The highest BCUT2D eigenvalue weighted by Gasteiger charge is 2.55. The van der Waals surface area contributed by atoms with Crippen molar-refractivity contribution < 1.29 is 98.9 Å². The van der Waals surface area contributed by atoms with Gasteiger partial charge in [0.15, 0.2) is 31.3 Å². The van der Waals surface area contributed by atoms with Gasteiger partial charge in [0.05, 0.1) is 19.3 Å². The zero-order chi connectivity index (χ0) is 32.6. The molecule has 0 spiro atoms. The van der Waals surface area contributed by atoms with E-state index in [9.17, 15) is 61.0 Å². The van der Waals surface area contributed by atoms with E-state index < -0.39 is 129 Å². The predicted molar refractivity (Wildman–Crippen MR) is 132 cm³/mol. The average Bonchev–Trinajstić information content (AvgIpc) is 2.99. The van der Waals surface area contributed by atoms with Crippen molar-refractivity contribution in [1.82, 2.24) is 0 Å². The lowest BCUT2D eigenvalue weighted by atomic mass is 9.96. The second-order valence-corrected chi connectivity index (χ2v) is 10.9. The van der Waals surface area contributed by atoms with Gasteiger partial charge >= 0.3 is 5.97 Å². The highest BCUT2D eigenvalue weighted by atomic mass is 16.8. The minimum Gasteiger partial charge on any atom is -0.479 e. The van der Waals surface area contributed by atoms with Crippen LogP contribution in [0.3, 0.4) is 0 Å². The van der Waals surface area contributed by atoms with Crippen LogP contribution in [-0.4, -0.2) is 199 Å². The molecule has 4 rings (SSSR count). The van der Waals surface area contributed by atoms with Gasteiger partial charge in [0.25, 0.3) is 0 Å². The summed E-state index contributed by atoms with van der Waals surface area (Å²) in [7, 11) is 1.26. The van der Waals surface area contributed by atoms with Crippen LogP contribution >= 0.6 is 0 Å². The molecule has 20 nitrogen and oxygen atoms in total. The van der Waals surface area contributed by atoms with Gasteiger partial charge in [-0.05, 0) is 6.92 Å². The summed E-state index contributed by atoms with van der Waals surface area (Å²) in [5.74, 6) is -1.73. The summed E-state index contributed by atoms with van der Waals surface area (Å²) in [6.07, 6.45) is -32.8. The largest absolute Gasteiger partial charge is 0.479 e. The molecule has 4 heterocycles. The van der Waals surface area contributed by atoms with Crippen molar-refractivity contribution in [3.8, 4) is 0 Å². The maximum Gasteiger partial charge on any atom is 0.335 e. The Labute approximate surface area is 249 Å². The second kappa shape index (κ2) is 14.7. The normalized spacial score (nSPS) is 52.0. The van der Waals surface area contributed by atoms with Gasteiger partial charge in [-0.25, -0.2) is 4.79 Å². The molecule has 256 valence electrons. The molecule has 19 atom stereocenters. The highest BCUT2D eigenvalue weighted by Crippen LogP contribution is 2.33. The molecule has 0 saturated carbocycles. The number of carboxylic acids is 1. The van der Waals surface area contributed by atoms with Crippen molar-refractivity contribution in [3.63, 3.8) is 0 Å². The maximum absolute atomic E-state index is 12.1. The molecule has 11 N–H and O–H groups in total. The quantitative estimate of drug-likeness (QED) is 0.111. The molecule has 4 aliphatic rings. The minimum atomic E-state index is -2.11. The van der Waals surface area contributed by atoms with Gasteiger partial charge in [0, 0.05) is 7.11 Å². The standard InChI is InChI=1S/C24H40O20/c1-5-8(26)10(28)13(31)23(39-5)41-16-6(3-25)40-21(36)18(15(16)33)43-24-14(32)11(29)17(19(44-24)20(34)35)42-22-12(30)9(27)7(37-2)4-38-22/h5-19,21-33,36H,3-4H2,1-2H3,(H,34,35)/t5-,6+,7+,8-,9-,10+,11+,12+,13+,14+,15-,16+,17-,18-,19-,21-,22-,23-,24-/m0/s1. The fraction of sp³-hybridized carbons (Fsp3) is 0.958. The van der Waals surface area contributed by atoms with E-state index in [2.05, 4.69) is 0 Å². The van der Waals surface area contributed by atoms with E-state index in [1.54, 1.807) is 0 Å². The number of ether oxygens (including phenoxy) is 8. The number of rotatable bonds is 9. The van der Waals surface area contributed by atoms with Crippen molar-refractivity contribution in [2.24, 2.45) is 0 Å². The van der Waals surface area contributed by atoms with E-state index in [0.29, 0.717) is 0 Å². The van der Waals surface area contributed by atoms with Gasteiger partial charge in [-0.2, -0.15) is 0 Å². The summed E-state index contributed by atoms with van der Waals surface area (Å²) < 4.78 is 42.6. The van der Waals surface area contributed by atoms with Gasteiger partial charge in [-0.15, -0.1) is 0 Å². The summed E-state index contributed by atoms with van der Waals surface area (Å²) in [5, 5.41) is 113. The Balaban J connectivity index is 1.47. The van der Waals surface area contributed by atoms with E-state index in [1.807, 2.05) is 0 Å². The third kappa shape index (κ3) is 7.02.